The van der Waals surface area contributed by atoms with E-state index in [-0.39, 0.29) is 11.9 Å². The predicted molar refractivity (Wildman–Crippen MR) is 106 cm³/mol. The molecule has 1 aromatic carbocycles. The summed E-state index contributed by atoms with van der Waals surface area (Å²) in [5.41, 5.74) is 2.09. The summed E-state index contributed by atoms with van der Waals surface area (Å²) >= 11 is 0. The minimum absolute atomic E-state index is 0.0478. The zero-order valence-electron chi connectivity index (χ0n) is 16.1. The zero-order chi connectivity index (χ0) is 19.1. The number of hydrogen-bond acceptors (Lipinski definition) is 5. The van der Waals surface area contributed by atoms with Crippen LogP contribution in [-0.2, 0) is 11.3 Å². The molecule has 1 unspecified atom stereocenters. The third kappa shape index (κ3) is 5.52. The summed E-state index contributed by atoms with van der Waals surface area (Å²) in [5.74, 6) is 0.847. The molecule has 3 rings (SSSR count). The smallest absolute Gasteiger partial charge is 0.234 e. The van der Waals surface area contributed by atoms with E-state index in [1.807, 2.05) is 49.5 Å². The maximum absolute atomic E-state index is 12.4. The van der Waals surface area contributed by atoms with E-state index in [2.05, 4.69) is 26.2 Å². The minimum Gasteiger partial charge on any atom is -0.496 e. The summed E-state index contributed by atoms with van der Waals surface area (Å²) in [5, 5.41) is 3.09. The molecule has 1 fully saturated rings. The Balaban J connectivity index is 1.44. The molecule has 2 aromatic rings. The van der Waals surface area contributed by atoms with Gasteiger partial charge in [-0.3, -0.25) is 19.6 Å². The van der Waals surface area contributed by atoms with Crippen molar-refractivity contribution in [2.45, 2.75) is 19.5 Å². The maximum atomic E-state index is 12.4. The first-order valence-electron chi connectivity index (χ1n) is 9.42. The standard InChI is InChI=1S/C21H28N4O2/c1-17(19-8-3-4-9-20(19)27-2)23-21(26)16-25-13-11-24(12-14-25)15-18-7-5-6-10-22-18/h3-10,17H,11-16H2,1-2H3,(H,23,26). The van der Waals surface area contributed by atoms with E-state index in [0.29, 0.717) is 6.54 Å². The number of methoxy groups -OCH3 is 1. The van der Waals surface area contributed by atoms with Gasteiger partial charge in [0.25, 0.3) is 0 Å². The molecule has 144 valence electrons. The molecular formula is C21H28N4O2. The van der Waals surface area contributed by atoms with Gasteiger partial charge in [0, 0.05) is 44.5 Å². The van der Waals surface area contributed by atoms with Gasteiger partial charge in [0.2, 0.25) is 5.91 Å². The first-order valence-corrected chi connectivity index (χ1v) is 9.42. The van der Waals surface area contributed by atoms with Crippen LogP contribution in [0.4, 0.5) is 0 Å². The van der Waals surface area contributed by atoms with Crippen molar-refractivity contribution in [2.24, 2.45) is 0 Å². The van der Waals surface area contributed by atoms with E-state index >= 15 is 0 Å². The van der Waals surface area contributed by atoms with Crippen LogP contribution < -0.4 is 10.1 Å². The summed E-state index contributed by atoms with van der Waals surface area (Å²) < 4.78 is 5.39. The van der Waals surface area contributed by atoms with Crippen LogP contribution in [0.15, 0.2) is 48.7 Å². The van der Waals surface area contributed by atoms with Gasteiger partial charge in [-0.1, -0.05) is 24.3 Å². The lowest BCUT2D eigenvalue weighted by Gasteiger charge is -2.34. The third-order valence-corrected chi connectivity index (χ3v) is 4.93. The SMILES string of the molecule is COc1ccccc1C(C)NC(=O)CN1CCN(Cc2ccccn2)CC1. The van der Waals surface area contributed by atoms with Crippen molar-refractivity contribution in [2.75, 3.05) is 39.8 Å². The van der Waals surface area contributed by atoms with Gasteiger partial charge in [0.1, 0.15) is 5.75 Å². The summed E-state index contributed by atoms with van der Waals surface area (Å²) in [7, 11) is 1.65. The zero-order valence-corrected chi connectivity index (χ0v) is 16.1. The minimum atomic E-state index is -0.0842. The normalized spacial score (nSPS) is 16.7. The number of hydrogen-bond donors (Lipinski definition) is 1. The van der Waals surface area contributed by atoms with E-state index in [1.165, 1.54) is 0 Å². The van der Waals surface area contributed by atoms with Crippen LogP contribution in [0.25, 0.3) is 0 Å². The molecule has 0 saturated carbocycles. The monoisotopic (exact) mass is 368 g/mol. The average Bonchev–Trinajstić information content (AvgIpc) is 2.70. The van der Waals surface area contributed by atoms with Crippen molar-refractivity contribution in [3.05, 3.63) is 59.9 Å². The van der Waals surface area contributed by atoms with Crippen molar-refractivity contribution in [3.63, 3.8) is 0 Å². The first-order chi connectivity index (χ1) is 13.2. The van der Waals surface area contributed by atoms with Gasteiger partial charge in [0.15, 0.2) is 0 Å². The highest BCUT2D eigenvalue weighted by molar-refractivity contribution is 5.78. The van der Waals surface area contributed by atoms with Crippen LogP contribution in [-0.4, -0.2) is 60.5 Å². The molecule has 0 aliphatic carbocycles. The maximum Gasteiger partial charge on any atom is 0.234 e. The van der Waals surface area contributed by atoms with Gasteiger partial charge in [-0.25, -0.2) is 0 Å². The Labute approximate surface area is 161 Å². The van der Waals surface area contributed by atoms with Gasteiger partial charge in [0.05, 0.1) is 25.4 Å². The number of carbonyl (C=O) groups is 1. The fourth-order valence-electron chi connectivity index (χ4n) is 3.42. The van der Waals surface area contributed by atoms with Crippen LogP contribution >= 0.6 is 0 Å². The third-order valence-electron chi connectivity index (χ3n) is 4.93. The molecular weight excluding hydrogens is 340 g/mol. The lowest BCUT2D eigenvalue weighted by molar-refractivity contribution is -0.123. The van der Waals surface area contributed by atoms with Crippen LogP contribution in [0.1, 0.15) is 24.2 Å². The van der Waals surface area contributed by atoms with Gasteiger partial charge < -0.3 is 10.1 Å². The Bertz CT molecular complexity index is 730. The van der Waals surface area contributed by atoms with E-state index in [9.17, 15) is 4.79 Å². The van der Waals surface area contributed by atoms with Crippen molar-refractivity contribution >= 4 is 5.91 Å². The Kier molecular flexibility index (Phi) is 6.79. The fraction of sp³-hybridized carbons (Fsp3) is 0.429. The molecule has 0 radical (unpaired) electrons. The summed E-state index contributed by atoms with van der Waals surface area (Å²) in [6, 6.07) is 13.7. The number of piperazine rings is 1. The molecule has 1 aromatic heterocycles. The second-order valence-corrected chi connectivity index (χ2v) is 6.90. The Morgan fingerprint density at radius 1 is 1.11 bits per heavy atom. The quantitative estimate of drug-likeness (QED) is 0.811. The lowest BCUT2D eigenvalue weighted by atomic mass is 10.1. The molecule has 1 saturated heterocycles. The summed E-state index contributed by atoms with van der Waals surface area (Å²) in [6.07, 6.45) is 1.83. The number of carbonyl (C=O) groups excluding carboxylic acids is 1. The summed E-state index contributed by atoms with van der Waals surface area (Å²) in [6.45, 7) is 6.97. The Hall–Kier alpha value is -2.44. The molecule has 1 aliphatic heterocycles. The number of ether oxygens (including phenoxy) is 1. The number of rotatable bonds is 7. The van der Waals surface area contributed by atoms with Gasteiger partial charge in [-0.05, 0) is 25.1 Å². The number of benzene rings is 1. The predicted octanol–water partition coefficient (Wildman–Crippen LogP) is 2.09. The highest BCUT2D eigenvalue weighted by Gasteiger charge is 2.20. The lowest BCUT2D eigenvalue weighted by Crippen LogP contribution is -2.49. The second-order valence-electron chi connectivity index (χ2n) is 6.90. The fourth-order valence-corrected chi connectivity index (χ4v) is 3.42. The number of nitrogens with one attached hydrogen (secondary N) is 1. The van der Waals surface area contributed by atoms with E-state index in [1.54, 1.807) is 7.11 Å². The van der Waals surface area contributed by atoms with E-state index in [4.69, 9.17) is 4.74 Å². The van der Waals surface area contributed by atoms with Crippen molar-refractivity contribution in [1.82, 2.24) is 20.1 Å². The number of amides is 1. The topological polar surface area (TPSA) is 57.7 Å². The number of nitrogens with zero attached hydrogens (tertiary/aromatic N) is 3. The molecule has 1 aliphatic rings. The van der Waals surface area contributed by atoms with Crippen LogP contribution in [0.3, 0.4) is 0 Å². The van der Waals surface area contributed by atoms with E-state index in [0.717, 1.165) is 49.7 Å². The van der Waals surface area contributed by atoms with E-state index < -0.39 is 0 Å². The first kappa shape index (κ1) is 19.3. The molecule has 6 nitrogen and oxygen atoms in total. The molecule has 1 amide bonds. The second kappa shape index (κ2) is 9.48. The molecule has 2 heterocycles. The van der Waals surface area contributed by atoms with Gasteiger partial charge >= 0.3 is 0 Å². The number of pyridine rings is 1. The summed E-state index contributed by atoms with van der Waals surface area (Å²) in [4.78, 5) is 21.4. The highest BCUT2D eigenvalue weighted by Crippen LogP contribution is 2.24. The van der Waals surface area contributed by atoms with Crippen LogP contribution in [0, 0.1) is 0 Å². The molecule has 0 bridgehead atoms. The highest BCUT2D eigenvalue weighted by atomic mass is 16.5. The molecule has 1 atom stereocenters. The van der Waals surface area contributed by atoms with Crippen LogP contribution in [0.5, 0.6) is 5.75 Å². The van der Waals surface area contributed by atoms with Crippen molar-refractivity contribution in [1.29, 1.82) is 0 Å². The Morgan fingerprint density at radius 3 is 2.52 bits per heavy atom. The van der Waals surface area contributed by atoms with Gasteiger partial charge in [-0.2, -0.15) is 0 Å². The Morgan fingerprint density at radius 2 is 1.81 bits per heavy atom. The largest absolute Gasteiger partial charge is 0.496 e. The molecule has 0 spiro atoms. The average molecular weight is 368 g/mol. The molecule has 6 heteroatoms. The van der Waals surface area contributed by atoms with Crippen molar-refractivity contribution in [3.8, 4) is 5.75 Å². The van der Waals surface area contributed by atoms with Gasteiger partial charge in [-0.15, -0.1) is 0 Å². The molecule has 1 N–H and O–H groups in total. The van der Waals surface area contributed by atoms with Crippen molar-refractivity contribution < 1.29 is 9.53 Å². The van der Waals surface area contributed by atoms with Crippen LogP contribution in [0.2, 0.25) is 0 Å². The number of aromatic nitrogens is 1. The number of para-hydroxylation sites is 1. The molecule has 27 heavy (non-hydrogen) atoms.